The van der Waals surface area contributed by atoms with E-state index in [4.69, 9.17) is 10.00 Å². The maximum Gasteiger partial charge on any atom is 0.202 e. The highest BCUT2D eigenvalue weighted by molar-refractivity contribution is 5.99. The largest absolute Gasteiger partial charge is 0.483 e. The van der Waals surface area contributed by atoms with Gasteiger partial charge in [-0.2, -0.15) is 5.26 Å². The Hall–Kier alpha value is -2.67. The van der Waals surface area contributed by atoms with E-state index in [0.717, 1.165) is 0 Å². The molecule has 0 heterocycles. The van der Waals surface area contributed by atoms with Crippen LogP contribution in [-0.4, -0.2) is 11.9 Å². The van der Waals surface area contributed by atoms with Gasteiger partial charge in [0.05, 0.1) is 11.6 Å². The molecule has 0 amide bonds. The summed E-state index contributed by atoms with van der Waals surface area (Å²) in [5.41, 5.74) is 0.919. The Morgan fingerprint density at radius 2 is 1.75 bits per heavy atom. The average Bonchev–Trinajstić information content (AvgIpc) is 2.48. The van der Waals surface area contributed by atoms with Crippen LogP contribution in [0, 0.1) is 17.1 Å². The molecule has 0 saturated heterocycles. The van der Waals surface area contributed by atoms with E-state index in [9.17, 15) is 9.18 Å². The second kappa shape index (κ2) is 5.98. The van der Waals surface area contributed by atoms with Gasteiger partial charge in [0.1, 0.15) is 11.6 Å². The minimum atomic E-state index is -0.687. The van der Waals surface area contributed by atoms with Gasteiger partial charge in [-0.05, 0) is 55.5 Å². The number of carbonyl (C=O) groups is 1. The molecule has 3 nitrogen and oxygen atoms in total. The highest BCUT2D eigenvalue weighted by Gasteiger charge is 2.16. The Morgan fingerprint density at radius 1 is 1.15 bits per heavy atom. The van der Waals surface area contributed by atoms with E-state index in [1.165, 1.54) is 24.3 Å². The Kier molecular flexibility index (Phi) is 4.11. The zero-order valence-corrected chi connectivity index (χ0v) is 10.8. The molecule has 0 spiro atoms. The number of halogens is 1. The molecule has 0 aromatic heterocycles. The molecule has 2 aromatic rings. The van der Waals surface area contributed by atoms with Crippen molar-refractivity contribution in [1.82, 2.24) is 0 Å². The minimum Gasteiger partial charge on any atom is -0.483 e. The molecular formula is C16H12FNO2. The van der Waals surface area contributed by atoms with Gasteiger partial charge in [-0.1, -0.05) is 0 Å². The van der Waals surface area contributed by atoms with Crippen LogP contribution in [0.3, 0.4) is 0 Å². The molecule has 0 fully saturated rings. The summed E-state index contributed by atoms with van der Waals surface area (Å²) in [4.78, 5) is 12.1. The molecule has 0 aliphatic carbocycles. The third-order valence-electron chi connectivity index (χ3n) is 2.79. The molecule has 0 N–H and O–H groups in total. The molecule has 0 saturated carbocycles. The van der Waals surface area contributed by atoms with Gasteiger partial charge in [-0.15, -0.1) is 0 Å². The zero-order chi connectivity index (χ0) is 14.5. The number of carbonyl (C=O) groups excluding carboxylic acids is 1. The Balaban J connectivity index is 2.07. The van der Waals surface area contributed by atoms with Gasteiger partial charge >= 0.3 is 0 Å². The van der Waals surface area contributed by atoms with Crippen molar-refractivity contribution in [3.8, 4) is 11.8 Å². The predicted molar refractivity (Wildman–Crippen MR) is 72.0 cm³/mol. The summed E-state index contributed by atoms with van der Waals surface area (Å²) in [5.74, 6) is -0.108. The van der Waals surface area contributed by atoms with Crippen LogP contribution in [0.15, 0.2) is 48.5 Å². The number of rotatable bonds is 4. The maximum atomic E-state index is 12.8. The standard InChI is InChI=1S/C16H12FNO2/c1-11(16(19)13-4-6-14(17)7-5-13)20-15-8-2-12(10-18)3-9-15/h2-9,11H,1H3/t11-/m1/s1. The fraction of sp³-hybridized carbons (Fsp3) is 0.125. The van der Waals surface area contributed by atoms with E-state index in [1.54, 1.807) is 31.2 Å². The van der Waals surface area contributed by atoms with Crippen LogP contribution in [0.5, 0.6) is 5.75 Å². The van der Waals surface area contributed by atoms with Crippen LogP contribution < -0.4 is 4.74 Å². The van der Waals surface area contributed by atoms with Crippen molar-refractivity contribution in [2.75, 3.05) is 0 Å². The monoisotopic (exact) mass is 269 g/mol. The second-order valence-electron chi connectivity index (χ2n) is 4.27. The van der Waals surface area contributed by atoms with E-state index in [0.29, 0.717) is 16.9 Å². The molecule has 0 aliphatic rings. The van der Waals surface area contributed by atoms with Crippen LogP contribution in [-0.2, 0) is 0 Å². The molecule has 0 unspecified atom stereocenters. The number of benzene rings is 2. The summed E-state index contributed by atoms with van der Waals surface area (Å²) in [6.45, 7) is 1.63. The summed E-state index contributed by atoms with van der Waals surface area (Å²) in [5, 5.41) is 8.69. The van der Waals surface area contributed by atoms with Crippen molar-refractivity contribution < 1.29 is 13.9 Å². The van der Waals surface area contributed by atoms with Gasteiger partial charge in [0.25, 0.3) is 0 Å². The first-order chi connectivity index (χ1) is 9.60. The lowest BCUT2D eigenvalue weighted by Crippen LogP contribution is -2.23. The molecule has 1 atom stereocenters. The molecule has 0 radical (unpaired) electrons. The van der Waals surface area contributed by atoms with Crippen LogP contribution in [0.4, 0.5) is 4.39 Å². The topological polar surface area (TPSA) is 50.1 Å². The summed E-state index contributed by atoms with van der Waals surface area (Å²) >= 11 is 0. The maximum absolute atomic E-state index is 12.8. The number of hydrogen-bond donors (Lipinski definition) is 0. The molecule has 100 valence electrons. The number of nitrogens with zero attached hydrogens (tertiary/aromatic N) is 1. The SMILES string of the molecule is C[C@@H](Oc1ccc(C#N)cc1)C(=O)c1ccc(F)cc1. The lowest BCUT2D eigenvalue weighted by Gasteiger charge is -2.13. The quantitative estimate of drug-likeness (QED) is 0.800. The van der Waals surface area contributed by atoms with E-state index in [1.807, 2.05) is 6.07 Å². The van der Waals surface area contributed by atoms with E-state index in [-0.39, 0.29) is 11.6 Å². The van der Waals surface area contributed by atoms with Crippen molar-refractivity contribution in [2.24, 2.45) is 0 Å². The number of nitriles is 1. The van der Waals surface area contributed by atoms with E-state index in [2.05, 4.69) is 0 Å². The third-order valence-corrected chi connectivity index (χ3v) is 2.79. The summed E-state index contributed by atoms with van der Waals surface area (Å²) < 4.78 is 18.3. The first kappa shape index (κ1) is 13.8. The highest BCUT2D eigenvalue weighted by Crippen LogP contribution is 2.15. The van der Waals surface area contributed by atoms with Crippen LogP contribution >= 0.6 is 0 Å². The van der Waals surface area contributed by atoms with Crippen molar-refractivity contribution in [1.29, 1.82) is 5.26 Å². The zero-order valence-electron chi connectivity index (χ0n) is 10.8. The molecular weight excluding hydrogens is 257 g/mol. The Bertz CT molecular complexity index is 642. The number of ketones is 1. The van der Waals surface area contributed by atoms with Gasteiger partial charge in [0.15, 0.2) is 6.10 Å². The van der Waals surface area contributed by atoms with Gasteiger partial charge in [-0.25, -0.2) is 4.39 Å². The minimum absolute atomic E-state index is 0.227. The smallest absolute Gasteiger partial charge is 0.202 e. The van der Waals surface area contributed by atoms with Crippen LogP contribution in [0.1, 0.15) is 22.8 Å². The molecule has 0 aliphatic heterocycles. The Labute approximate surface area is 116 Å². The second-order valence-corrected chi connectivity index (χ2v) is 4.27. The predicted octanol–water partition coefficient (Wildman–Crippen LogP) is 3.35. The van der Waals surface area contributed by atoms with E-state index >= 15 is 0 Å². The average molecular weight is 269 g/mol. The molecule has 2 aromatic carbocycles. The van der Waals surface area contributed by atoms with Crippen LogP contribution in [0.25, 0.3) is 0 Å². The van der Waals surface area contributed by atoms with Crippen molar-refractivity contribution in [2.45, 2.75) is 13.0 Å². The van der Waals surface area contributed by atoms with Crippen LogP contribution in [0.2, 0.25) is 0 Å². The molecule has 4 heteroatoms. The fourth-order valence-corrected chi connectivity index (χ4v) is 1.71. The molecule has 20 heavy (non-hydrogen) atoms. The normalized spacial score (nSPS) is 11.4. The number of Topliss-reactive ketones (excluding diaryl/α,β-unsaturated/α-hetero) is 1. The van der Waals surface area contributed by atoms with Crippen molar-refractivity contribution >= 4 is 5.78 Å². The molecule has 0 bridgehead atoms. The van der Waals surface area contributed by atoms with Gasteiger partial charge in [-0.3, -0.25) is 4.79 Å². The number of ether oxygens (including phenoxy) is 1. The molecule has 2 rings (SSSR count). The number of hydrogen-bond acceptors (Lipinski definition) is 3. The summed E-state index contributed by atoms with van der Waals surface area (Å²) in [6, 6.07) is 13.8. The first-order valence-electron chi connectivity index (χ1n) is 6.07. The van der Waals surface area contributed by atoms with Gasteiger partial charge < -0.3 is 4.74 Å². The van der Waals surface area contributed by atoms with Crippen molar-refractivity contribution in [3.05, 3.63) is 65.5 Å². The van der Waals surface area contributed by atoms with E-state index < -0.39 is 6.10 Å². The van der Waals surface area contributed by atoms with Gasteiger partial charge in [0, 0.05) is 5.56 Å². The summed E-state index contributed by atoms with van der Waals surface area (Å²) in [7, 11) is 0. The third kappa shape index (κ3) is 3.21. The Morgan fingerprint density at radius 3 is 2.30 bits per heavy atom. The van der Waals surface area contributed by atoms with Gasteiger partial charge in [0.2, 0.25) is 5.78 Å². The first-order valence-corrected chi connectivity index (χ1v) is 6.07. The lowest BCUT2D eigenvalue weighted by molar-refractivity contribution is 0.0818. The van der Waals surface area contributed by atoms with Crippen molar-refractivity contribution in [3.63, 3.8) is 0 Å². The summed E-state index contributed by atoms with van der Waals surface area (Å²) in [6.07, 6.45) is -0.687. The highest BCUT2D eigenvalue weighted by atomic mass is 19.1. The lowest BCUT2D eigenvalue weighted by atomic mass is 10.1. The fourth-order valence-electron chi connectivity index (χ4n) is 1.71.